The first-order valence-corrected chi connectivity index (χ1v) is 5.53. The Labute approximate surface area is 112 Å². The van der Waals surface area contributed by atoms with Crippen LogP contribution in [0.4, 0.5) is 5.82 Å². The maximum Gasteiger partial charge on any atom is 0.199 e. The second kappa shape index (κ2) is 4.55. The van der Waals surface area contributed by atoms with Gasteiger partial charge in [0.2, 0.25) is 0 Å². The van der Waals surface area contributed by atoms with E-state index in [0.717, 1.165) is 0 Å². The molecule has 8 heteroatoms. The summed E-state index contributed by atoms with van der Waals surface area (Å²) in [5.74, 6) is 0.295. The Bertz CT molecular complexity index is 639. The second-order valence-corrected chi connectivity index (χ2v) is 4.13. The summed E-state index contributed by atoms with van der Waals surface area (Å²) in [4.78, 5) is 2.52. The standard InChI is InChI=1S/C10H9Cl2N3O3/c1-17-7-4-3(10(16)14-9(4)15-13)5(11)8(18-2)6(7)12/h13-14,16H,1-2H3. The molecule has 0 spiro atoms. The van der Waals surface area contributed by atoms with E-state index in [4.69, 9.17) is 38.2 Å². The Morgan fingerprint density at radius 2 is 1.72 bits per heavy atom. The molecule has 0 fully saturated rings. The molecule has 0 aliphatic carbocycles. The number of hydrogen-bond acceptors (Lipinski definition) is 5. The number of H-pyrrole nitrogens is 1. The van der Waals surface area contributed by atoms with Crippen molar-refractivity contribution in [3.63, 3.8) is 0 Å². The smallest absolute Gasteiger partial charge is 0.199 e. The predicted molar refractivity (Wildman–Crippen MR) is 67.9 cm³/mol. The molecule has 0 aliphatic heterocycles. The Hall–Kier alpha value is -1.66. The van der Waals surface area contributed by atoms with Crippen LogP contribution in [0, 0.1) is 5.53 Å². The van der Waals surface area contributed by atoms with Crippen molar-refractivity contribution in [3.8, 4) is 17.4 Å². The highest BCUT2D eigenvalue weighted by Crippen LogP contribution is 2.52. The molecule has 3 N–H and O–H groups in total. The van der Waals surface area contributed by atoms with Crippen LogP contribution >= 0.6 is 23.2 Å². The number of benzene rings is 1. The lowest BCUT2D eigenvalue weighted by Crippen LogP contribution is -1.91. The molecule has 0 radical (unpaired) electrons. The summed E-state index contributed by atoms with van der Waals surface area (Å²) in [5.41, 5.74) is 7.06. The molecule has 0 saturated heterocycles. The summed E-state index contributed by atoms with van der Waals surface area (Å²) in [5, 5.41) is 13.9. The fraction of sp³-hybridized carbons (Fsp3) is 0.200. The lowest BCUT2D eigenvalue weighted by molar-refractivity contribution is 0.398. The molecule has 1 heterocycles. The Kier molecular flexibility index (Phi) is 3.23. The maximum atomic E-state index is 9.80. The summed E-state index contributed by atoms with van der Waals surface area (Å²) in [6.45, 7) is 0. The average Bonchev–Trinajstić information content (AvgIpc) is 2.68. The maximum absolute atomic E-state index is 9.80. The fourth-order valence-electron chi connectivity index (χ4n) is 1.79. The Morgan fingerprint density at radius 3 is 2.22 bits per heavy atom. The quantitative estimate of drug-likeness (QED) is 0.749. The van der Waals surface area contributed by atoms with E-state index in [2.05, 4.69) is 10.1 Å². The number of aromatic amines is 1. The molecular formula is C10H9Cl2N3O3. The average molecular weight is 290 g/mol. The summed E-state index contributed by atoms with van der Waals surface area (Å²) >= 11 is 12.2. The molecule has 1 aromatic heterocycles. The number of nitrogens with zero attached hydrogens (tertiary/aromatic N) is 1. The van der Waals surface area contributed by atoms with Crippen LogP contribution in [0.5, 0.6) is 17.4 Å². The Morgan fingerprint density at radius 1 is 1.11 bits per heavy atom. The van der Waals surface area contributed by atoms with Crippen molar-refractivity contribution in [2.24, 2.45) is 5.11 Å². The van der Waals surface area contributed by atoms with Gasteiger partial charge in [-0.05, 0) is 0 Å². The number of rotatable bonds is 3. The highest BCUT2D eigenvalue weighted by atomic mass is 35.5. The second-order valence-electron chi connectivity index (χ2n) is 3.38. The zero-order valence-electron chi connectivity index (χ0n) is 9.47. The minimum Gasteiger partial charge on any atom is -0.494 e. The van der Waals surface area contributed by atoms with Crippen molar-refractivity contribution in [1.82, 2.24) is 4.98 Å². The summed E-state index contributed by atoms with van der Waals surface area (Å²) < 4.78 is 10.2. The van der Waals surface area contributed by atoms with E-state index in [9.17, 15) is 5.11 Å². The van der Waals surface area contributed by atoms with Crippen LogP contribution in [-0.2, 0) is 0 Å². The lowest BCUT2D eigenvalue weighted by atomic mass is 10.1. The summed E-state index contributed by atoms with van der Waals surface area (Å²) in [6.07, 6.45) is 0. The first kappa shape index (κ1) is 12.8. The van der Waals surface area contributed by atoms with Crippen molar-refractivity contribution >= 4 is 39.8 Å². The van der Waals surface area contributed by atoms with Crippen molar-refractivity contribution in [3.05, 3.63) is 10.0 Å². The third-order valence-corrected chi connectivity index (χ3v) is 3.23. The van der Waals surface area contributed by atoms with Crippen LogP contribution in [0.2, 0.25) is 10.0 Å². The van der Waals surface area contributed by atoms with E-state index in [1.54, 1.807) is 0 Å². The first-order chi connectivity index (χ1) is 8.56. The van der Waals surface area contributed by atoms with Gasteiger partial charge in [0.25, 0.3) is 0 Å². The van der Waals surface area contributed by atoms with E-state index in [0.29, 0.717) is 5.39 Å². The van der Waals surface area contributed by atoms with E-state index in [-0.39, 0.29) is 38.6 Å². The number of hydrogen-bond donors (Lipinski definition) is 3. The van der Waals surface area contributed by atoms with Gasteiger partial charge < -0.3 is 19.6 Å². The van der Waals surface area contributed by atoms with Gasteiger partial charge in [-0.2, -0.15) is 0 Å². The Balaban J connectivity index is 3.05. The lowest BCUT2D eigenvalue weighted by Gasteiger charge is -2.11. The molecular weight excluding hydrogens is 281 g/mol. The number of methoxy groups -OCH3 is 2. The number of aromatic nitrogens is 1. The SMILES string of the molecule is COc1c(Cl)c(OC)c2c(N=N)[nH]c(O)c2c1Cl. The first-order valence-electron chi connectivity index (χ1n) is 4.77. The molecule has 96 valence electrons. The van der Waals surface area contributed by atoms with Gasteiger partial charge in [0.1, 0.15) is 5.02 Å². The van der Waals surface area contributed by atoms with Gasteiger partial charge >= 0.3 is 0 Å². The normalized spacial score (nSPS) is 10.7. The van der Waals surface area contributed by atoms with E-state index < -0.39 is 0 Å². The zero-order valence-corrected chi connectivity index (χ0v) is 11.0. The molecule has 18 heavy (non-hydrogen) atoms. The van der Waals surface area contributed by atoms with Gasteiger partial charge in [0, 0.05) is 0 Å². The third-order valence-electron chi connectivity index (χ3n) is 2.53. The molecule has 1 aromatic carbocycles. The summed E-state index contributed by atoms with van der Waals surface area (Å²) in [7, 11) is 2.81. The molecule has 0 aliphatic rings. The molecule has 0 unspecified atom stereocenters. The fourth-order valence-corrected chi connectivity index (χ4v) is 2.53. The monoisotopic (exact) mass is 289 g/mol. The molecule has 6 nitrogen and oxygen atoms in total. The largest absolute Gasteiger partial charge is 0.494 e. The van der Waals surface area contributed by atoms with E-state index in [1.165, 1.54) is 14.2 Å². The van der Waals surface area contributed by atoms with Crippen LogP contribution in [-0.4, -0.2) is 24.3 Å². The number of ether oxygens (including phenoxy) is 2. The van der Waals surface area contributed by atoms with Crippen molar-refractivity contribution in [1.29, 1.82) is 5.53 Å². The van der Waals surface area contributed by atoms with Crippen LogP contribution in [0.25, 0.3) is 10.8 Å². The van der Waals surface area contributed by atoms with Crippen LogP contribution in [0.15, 0.2) is 5.11 Å². The highest BCUT2D eigenvalue weighted by molar-refractivity contribution is 6.43. The molecule has 0 atom stereocenters. The van der Waals surface area contributed by atoms with Crippen LogP contribution in [0.3, 0.4) is 0 Å². The summed E-state index contributed by atoms with van der Waals surface area (Å²) in [6, 6.07) is 0. The predicted octanol–water partition coefficient (Wildman–Crippen LogP) is 3.86. The molecule has 2 rings (SSSR count). The number of aromatic hydroxyl groups is 1. The molecule has 0 saturated carbocycles. The van der Waals surface area contributed by atoms with Crippen LogP contribution in [0.1, 0.15) is 0 Å². The van der Waals surface area contributed by atoms with Crippen molar-refractivity contribution < 1.29 is 14.6 Å². The van der Waals surface area contributed by atoms with E-state index in [1.807, 2.05) is 0 Å². The minimum absolute atomic E-state index is 0.103. The van der Waals surface area contributed by atoms with Crippen molar-refractivity contribution in [2.75, 3.05) is 14.2 Å². The number of halogens is 2. The van der Waals surface area contributed by atoms with Gasteiger partial charge in [-0.3, -0.25) is 0 Å². The molecule has 2 aromatic rings. The zero-order chi connectivity index (χ0) is 13.4. The van der Waals surface area contributed by atoms with Crippen LogP contribution < -0.4 is 9.47 Å². The van der Waals surface area contributed by atoms with Gasteiger partial charge in [-0.25, -0.2) is 5.53 Å². The van der Waals surface area contributed by atoms with Crippen molar-refractivity contribution in [2.45, 2.75) is 0 Å². The topological polar surface area (TPSA) is 90.7 Å². The third kappa shape index (κ3) is 1.57. The van der Waals surface area contributed by atoms with Gasteiger partial charge in [0.05, 0.1) is 30.0 Å². The molecule has 0 amide bonds. The number of nitrogens with one attached hydrogen (secondary N) is 2. The minimum atomic E-state index is -0.228. The van der Waals surface area contributed by atoms with Gasteiger partial charge in [-0.15, -0.1) is 5.11 Å². The number of fused-ring (bicyclic) bond motifs is 1. The van der Waals surface area contributed by atoms with E-state index >= 15 is 0 Å². The highest BCUT2D eigenvalue weighted by Gasteiger charge is 2.25. The molecule has 0 bridgehead atoms. The van der Waals surface area contributed by atoms with Gasteiger partial charge in [-0.1, -0.05) is 23.2 Å². The van der Waals surface area contributed by atoms with Gasteiger partial charge in [0.15, 0.2) is 23.2 Å².